The van der Waals surface area contributed by atoms with Gasteiger partial charge in [-0.05, 0) is 0 Å². The van der Waals surface area contributed by atoms with Crippen LogP contribution < -0.4 is 0 Å². The van der Waals surface area contributed by atoms with Gasteiger partial charge in [0.05, 0.1) is 0 Å². The van der Waals surface area contributed by atoms with Crippen LogP contribution in [0.25, 0.3) is 0 Å². The maximum absolute atomic E-state index is 10.3. The molecule has 0 amide bonds. The molecule has 0 unspecified atom stereocenters. The van der Waals surface area contributed by atoms with Crippen LogP contribution in [-0.4, -0.2) is 27.2 Å². The van der Waals surface area contributed by atoms with E-state index in [4.69, 9.17) is 4.52 Å². The standard InChI is InChI=1S/C9H23O3P.2BrH.Pd/c1-7(2)12-13(10,11,8(3)4)9(5)6;;;/h7-11H,1-6H3;2*1H;/q;;;+2/p-2. The van der Waals surface area contributed by atoms with Crippen LogP contribution in [-0.2, 0) is 18.5 Å². The number of halogens is 2. The van der Waals surface area contributed by atoms with E-state index in [1.54, 1.807) is 27.7 Å². The first-order chi connectivity index (χ1) is 7.01. The third kappa shape index (κ3) is 6.20. The van der Waals surface area contributed by atoms with Crippen molar-refractivity contribution in [2.24, 2.45) is 0 Å². The summed E-state index contributed by atoms with van der Waals surface area (Å²) in [5, 5.41) is 0. The third-order valence-corrected chi connectivity index (χ3v) is 7.11. The minimum atomic E-state index is -3.94. The van der Waals surface area contributed by atoms with Gasteiger partial charge in [-0.3, -0.25) is 0 Å². The third-order valence-electron chi connectivity index (χ3n) is 2.37. The van der Waals surface area contributed by atoms with E-state index in [1.807, 2.05) is 13.8 Å². The van der Waals surface area contributed by atoms with Crippen LogP contribution in [0.4, 0.5) is 0 Å². The van der Waals surface area contributed by atoms with Crippen molar-refractivity contribution in [2.45, 2.75) is 59.0 Å². The van der Waals surface area contributed by atoms with Crippen molar-refractivity contribution in [2.75, 3.05) is 0 Å². The van der Waals surface area contributed by atoms with E-state index < -0.39 is 7.28 Å². The minimum absolute atomic E-state index is 0.155. The maximum atomic E-state index is 10.3. The van der Waals surface area contributed by atoms with Crippen LogP contribution in [0.3, 0.4) is 0 Å². The Morgan fingerprint density at radius 3 is 1.25 bits per heavy atom. The quantitative estimate of drug-likeness (QED) is 0.473. The van der Waals surface area contributed by atoms with Crippen molar-refractivity contribution in [1.82, 2.24) is 0 Å². The summed E-state index contributed by atoms with van der Waals surface area (Å²) in [6.45, 7) is 10.8. The molecule has 3 nitrogen and oxygen atoms in total. The van der Waals surface area contributed by atoms with Gasteiger partial charge in [0, 0.05) is 0 Å². The Balaban J connectivity index is 0. The van der Waals surface area contributed by atoms with E-state index in [0.29, 0.717) is 13.9 Å². The molecule has 106 valence electrons. The number of rotatable bonds is 4. The molecule has 0 saturated carbocycles. The van der Waals surface area contributed by atoms with E-state index in [2.05, 4.69) is 26.9 Å². The Morgan fingerprint density at radius 2 is 1.19 bits per heavy atom. The van der Waals surface area contributed by atoms with Gasteiger partial charge in [-0.2, -0.15) is 0 Å². The molecule has 0 aromatic heterocycles. The predicted octanol–water partition coefficient (Wildman–Crippen LogP) is 4.20. The summed E-state index contributed by atoms with van der Waals surface area (Å²) in [6, 6.07) is 0. The van der Waals surface area contributed by atoms with Gasteiger partial charge in [0.2, 0.25) is 0 Å². The van der Waals surface area contributed by atoms with E-state index >= 15 is 0 Å². The number of hydrogen-bond donors (Lipinski definition) is 2. The molecule has 0 saturated heterocycles. The molecule has 0 bridgehead atoms. The Hall–Kier alpha value is 1.93. The molecule has 0 aliphatic carbocycles. The second-order valence-corrected chi connectivity index (χ2v) is 16.1. The molecule has 0 aromatic carbocycles. The van der Waals surface area contributed by atoms with Crippen molar-refractivity contribution >= 4 is 34.1 Å². The molecule has 0 radical (unpaired) electrons. The summed E-state index contributed by atoms with van der Waals surface area (Å²) < 4.78 is 5.39. The fraction of sp³-hybridized carbons (Fsp3) is 1.00. The molecule has 0 aliphatic heterocycles. The van der Waals surface area contributed by atoms with Crippen LogP contribution in [0.2, 0.25) is 0 Å². The van der Waals surface area contributed by atoms with Gasteiger partial charge < -0.3 is 0 Å². The predicted molar refractivity (Wildman–Crippen MR) is 75.7 cm³/mol. The molecular formula is C9H23Br2O3PPd. The first-order valence-electron chi connectivity index (χ1n) is 5.04. The number of hydrogen-bond acceptors (Lipinski definition) is 3. The molecule has 7 heteroatoms. The average Bonchev–Trinajstić information content (AvgIpc) is 2.02. The normalized spacial score (nSPS) is 14.9. The molecule has 0 fully saturated rings. The van der Waals surface area contributed by atoms with Crippen molar-refractivity contribution in [3.63, 3.8) is 0 Å². The van der Waals surface area contributed by atoms with Crippen molar-refractivity contribution in [1.29, 1.82) is 0 Å². The van der Waals surface area contributed by atoms with Crippen LogP contribution >= 0.6 is 34.1 Å². The molecule has 0 aromatic rings. The van der Waals surface area contributed by atoms with Gasteiger partial charge in [-0.15, -0.1) is 0 Å². The summed E-state index contributed by atoms with van der Waals surface area (Å²) in [5.41, 5.74) is -0.484. The summed E-state index contributed by atoms with van der Waals surface area (Å²) in [7, 11) is -3.94. The monoisotopic (exact) mass is 474 g/mol. The summed E-state index contributed by atoms with van der Waals surface area (Å²) >= 11 is 6.80. The fourth-order valence-electron chi connectivity index (χ4n) is 1.27. The average molecular weight is 476 g/mol. The second kappa shape index (κ2) is 8.17. The second-order valence-electron chi connectivity index (χ2n) is 4.46. The fourth-order valence-corrected chi connectivity index (χ4v) is 3.82. The van der Waals surface area contributed by atoms with Crippen molar-refractivity contribution in [3.8, 4) is 0 Å². The van der Waals surface area contributed by atoms with E-state index in [0.717, 1.165) is 0 Å². The van der Waals surface area contributed by atoms with Gasteiger partial charge in [0.1, 0.15) is 0 Å². The van der Waals surface area contributed by atoms with Gasteiger partial charge >= 0.3 is 121 Å². The molecule has 0 spiro atoms. The van der Waals surface area contributed by atoms with E-state index in [-0.39, 0.29) is 17.4 Å². The van der Waals surface area contributed by atoms with Gasteiger partial charge in [0.25, 0.3) is 0 Å². The van der Waals surface area contributed by atoms with E-state index in [9.17, 15) is 9.79 Å². The zero-order chi connectivity index (χ0) is 13.6. The van der Waals surface area contributed by atoms with Crippen molar-refractivity contribution < 1.29 is 28.3 Å². The molecule has 16 heavy (non-hydrogen) atoms. The topological polar surface area (TPSA) is 49.7 Å². The molecule has 0 atom stereocenters. The molecule has 2 N–H and O–H groups in total. The zero-order valence-electron chi connectivity index (χ0n) is 10.6. The first-order valence-corrected chi connectivity index (χ1v) is 14.3. The summed E-state index contributed by atoms with van der Waals surface area (Å²) in [6.07, 6.45) is -0.155. The zero-order valence-corrected chi connectivity index (χ0v) is 16.2. The van der Waals surface area contributed by atoms with Crippen LogP contribution in [0.15, 0.2) is 0 Å². The van der Waals surface area contributed by atoms with Crippen LogP contribution in [0.5, 0.6) is 0 Å². The van der Waals surface area contributed by atoms with Gasteiger partial charge in [0.15, 0.2) is 0 Å². The Bertz CT molecular complexity index is 189. The summed E-state index contributed by atoms with van der Waals surface area (Å²) in [4.78, 5) is 20.5. The molecule has 0 rings (SSSR count). The Morgan fingerprint density at radius 1 is 0.938 bits per heavy atom. The van der Waals surface area contributed by atoms with Crippen LogP contribution in [0, 0.1) is 0 Å². The molecule has 0 aliphatic rings. The van der Waals surface area contributed by atoms with Crippen LogP contribution in [0.1, 0.15) is 41.5 Å². The SMILES string of the molecule is CC(C)OP(O)(O)(C(C)C)C(C)C.[Br][Pd][Br]. The van der Waals surface area contributed by atoms with Gasteiger partial charge in [-0.1, -0.05) is 0 Å². The van der Waals surface area contributed by atoms with Crippen molar-refractivity contribution in [3.05, 3.63) is 0 Å². The Kier molecular flexibility index (Phi) is 10.3. The Labute approximate surface area is 121 Å². The molecular weight excluding hydrogens is 453 g/mol. The molecule has 0 heterocycles. The van der Waals surface area contributed by atoms with Gasteiger partial charge in [-0.25, -0.2) is 0 Å². The summed E-state index contributed by atoms with van der Waals surface area (Å²) in [5.74, 6) is 0. The van der Waals surface area contributed by atoms with E-state index in [1.165, 1.54) is 0 Å². The first kappa shape index (κ1) is 20.3.